The van der Waals surface area contributed by atoms with E-state index in [-0.39, 0.29) is 22.7 Å². The van der Waals surface area contributed by atoms with E-state index < -0.39 is 11.8 Å². The van der Waals surface area contributed by atoms with E-state index in [1.807, 2.05) is 13.8 Å². The third-order valence-electron chi connectivity index (χ3n) is 6.05. The summed E-state index contributed by atoms with van der Waals surface area (Å²) in [7, 11) is 0. The highest BCUT2D eigenvalue weighted by atomic mass is 32.1. The zero-order chi connectivity index (χ0) is 26.5. The first-order valence-corrected chi connectivity index (χ1v) is 12.8. The van der Waals surface area contributed by atoms with Gasteiger partial charge in [-0.1, -0.05) is 25.1 Å². The number of rotatable bonds is 9. The van der Waals surface area contributed by atoms with Crippen LogP contribution in [0.15, 0.2) is 53.9 Å². The molecule has 0 fully saturated rings. The number of benzene rings is 1. The second-order valence-electron chi connectivity index (χ2n) is 8.40. The van der Waals surface area contributed by atoms with Gasteiger partial charge in [-0.15, -0.1) is 11.3 Å². The number of aliphatic carboxylic acids is 1. The van der Waals surface area contributed by atoms with Gasteiger partial charge in [0.2, 0.25) is 0 Å². The van der Waals surface area contributed by atoms with Crippen molar-refractivity contribution < 1.29 is 19.1 Å². The minimum atomic E-state index is -1.16. The van der Waals surface area contributed by atoms with Gasteiger partial charge in [-0.25, -0.2) is 18.7 Å². The fourth-order valence-electron chi connectivity index (χ4n) is 4.00. The van der Waals surface area contributed by atoms with Crippen molar-refractivity contribution in [2.75, 3.05) is 6.54 Å². The van der Waals surface area contributed by atoms with Gasteiger partial charge in [-0.05, 0) is 67.5 Å². The molecule has 0 radical (unpaired) electrons. The number of aromatic nitrogens is 3. The first kappa shape index (κ1) is 26.0. The molecule has 0 atom stereocenters. The van der Waals surface area contributed by atoms with E-state index in [4.69, 9.17) is 5.11 Å². The standard InChI is InChI=1S/C28H27FN4O3S/c1-4-17(3)20-12-14-37-24(20)11-13-30-28(36)23-15-19(5-2)33-25(31-23)16-22(32-33)21-8-6-7-18(27(21)29)9-10-26(34)35/h4,6-10,12,14-16H,5,11,13H2,1-3H3,(H,30,36)(H,34,35)/b10-9+,17-4-. The quantitative estimate of drug-likeness (QED) is 0.279. The number of amides is 1. The summed E-state index contributed by atoms with van der Waals surface area (Å²) in [6.07, 6.45) is 5.47. The van der Waals surface area contributed by atoms with Crippen LogP contribution < -0.4 is 5.32 Å². The van der Waals surface area contributed by atoms with E-state index in [0.29, 0.717) is 24.3 Å². The maximum Gasteiger partial charge on any atom is 0.328 e. The number of carbonyl (C=O) groups excluding carboxylic acids is 1. The van der Waals surface area contributed by atoms with Gasteiger partial charge in [-0.3, -0.25) is 4.79 Å². The molecule has 37 heavy (non-hydrogen) atoms. The lowest BCUT2D eigenvalue weighted by Crippen LogP contribution is -2.27. The molecule has 3 aromatic heterocycles. The number of carboxylic acids is 1. The van der Waals surface area contributed by atoms with Crippen LogP contribution in [-0.4, -0.2) is 38.1 Å². The Balaban J connectivity index is 1.58. The molecule has 0 bridgehead atoms. The third-order valence-corrected chi connectivity index (χ3v) is 7.03. The lowest BCUT2D eigenvalue weighted by Gasteiger charge is -2.08. The summed E-state index contributed by atoms with van der Waals surface area (Å²) in [5.74, 6) is -2.03. The average molecular weight is 519 g/mol. The summed E-state index contributed by atoms with van der Waals surface area (Å²) in [6.45, 7) is 6.50. The summed E-state index contributed by atoms with van der Waals surface area (Å²) in [4.78, 5) is 29.5. The largest absolute Gasteiger partial charge is 0.478 e. The van der Waals surface area contributed by atoms with Gasteiger partial charge in [0.15, 0.2) is 5.65 Å². The molecular weight excluding hydrogens is 491 g/mol. The van der Waals surface area contributed by atoms with Crippen molar-refractivity contribution in [3.05, 3.63) is 87.1 Å². The Morgan fingerprint density at radius 3 is 2.78 bits per heavy atom. The van der Waals surface area contributed by atoms with Crippen LogP contribution in [0.4, 0.5) is 4.39 Å². The van der Waals surface area contributed by atoms with Crippen LogP contribution in [0.1, 0.15) is 53.0 Å². The third kappa shape index (κ3) is 5.67. The van der Waals surface area contributed by atoms with Gasteiger partial charge in [0.05, 0.1) is 5.69 Å². The maximum absolute atomic E-state index is 15.1. The Labute approximate surface area is 218 Å². The molecule has 0 aliphatic heterocycles. The van der Waals surface area contributed by atoms with Crippen molar-refractivity contribution >= 4 is 40.5 Å². The molecule has 2 N–H and O–H groups in total. The van der Waals surface area contributed by atoms with E-state index in [0.717, 1.165) is 18.2 Å². The summed E-state index contributed by atoms with van der Waals surface area (Å²) in [5.41, 5.74) is 4.56. The summed E-state index contributed by atoms with van der Waals surface area (Å²) in [5, 5.41) is 18.4. The topological polar surface area (TPSA) is 96.6 Å². The molecule has 3 heterocycles. The predicted octanol–water partition coefficient (Wildman–Crippen LogP) is 5.65. The van der Waals surface area contributed by atoms with Crippen LogP contribution in [0.25, 0.3) is 28.6 Å². The highest BCUT2D eigenvalue weighted by Crippen LogP contribution is 2.27. The predicted molar refractivity (Wildman–Crippen MR) is 144 cm³/mol. The number of nitrogens with zero attached hydrogens (tertiary/aromatic N) is 3. The molecule has 0 aliphatic rings. The van der Waals surface area contributed by atoms with E-state index in [2.05, 4.69) is 39.8 Å². The second kappa shape index (κ2) is 11.3. The fourth-order valence-corrected chi connectivity index (χ4v) is 4.94. The van der Waals surface area contributed by atoms with Gasteiger partial charge in [-0.2, -0.15) is 5.10 Å². The molecule has 1 aromatic carbocycles. The van der Waals surface area contributed by atoms with Crippen LogP contribution in [0.5, 0.6) is 0 Å². The molecule has 0 unspecified atom stereocenters. The average Bonchev–Trinajstić information content (AvgIpc) is 3.54. The van der Waals surface area contributed by atoms with Gasteiger partial charge in [0, 0.05) is 40.4 Å². The molecule has 0 saturated heterocycles. The van der Waals surface area contributed by atoms with Crippen LogP contribution in [0.3, 0.4) is 0 Å². The number of hydrogen-bond donors (Lipinski definition) is 2. The normalized spacial score (nSPS) is 11.9. The molecule has 0 saturated carbocycles. The van der Waals surface area contributed by atoms with E-state index in [1.54, 1.807) is 40.1 Å². The van der Waals surface area contributed by atoms with Crippen LogP contribution in [0, 0.1) is 5.82 Å². The minimum absolute atomic E-state index is 0.138. The first-order valence-electron chi connectivity index (χ1n) is 11.9. The summed E-state index contributed by atoms with van der Waals surface area (Å²) >= 11 is 1.67. The fraction of sp³-hybridized carbons (Fsp3) is 0.214. The van der Waals surface area contributed by atoms with Crippen molar-refractivity contribution in [3.63, 3.8) is 0 Å². The Kier molecular flexibility index (Phi) is 7.93. The Hall–Kier alpha value is -4.11. The monoisotopic (exact) mass is 518 g/mol. The molecule has 7 nitrogen and oxygen atoms in total. The lowest BCUT2D eigenvalue weighted by molar-refractivity contribution is -0.131. The first-order chi connectivity index (χ1) is 17.8. The van der Waals surface area contributed by atoms with Crippen LogP contribution in [-0.2, 0) is 17.6 Å². The van der Waals surface area contributed by atoms with E-state index in [1.165, 1.54) is 28.2 Å². The Bertz CT molecular complexity index is 1530. The number of carboxylic acid groups (broad SMARTS) is 1. The highest BCUT2D eigenvalue weighted by molar-refractivity contribution is 7.10. The highest BCUT2D eigenvalue weighted by Gasteiger charge is 2.17. The van der Waals surface area contributed by atoms with Crippen molar-refractivity contribution in [1.29, 1.82) is 0 Å². The zero-order valence-electron chi connectivity index (χ0n) is 20.8. The number of thiophene rings is 1. The molecule has 4 aromatic rings. The van der Waals surface area contributed by atoms with Crippen molar-refractivity contribution in [2.45, 2.75) is 33.6 Å². The number of allylic oxidation sites excluding steroid dienone is 2. The molecule has 4 rings (SSSR count). The van der Waals surface area contributed by atoms with Gasteiger partial charge >= 0.3 is 5.97 Å². The molecule has 1 amide bonds. The van der Waals surface area contributed by atoms with Crippen molar-refractivity contribution in [3.8, 4) is 11.3 Å². The zero-order valence-corrected chi connectivity index (χ0v) is 21.6. The molecule has 0 aliphatic carbocycles. The lowest BCUT2D eigenvalue weighted by atomic mass is 10.1. The van der Waals surface area contributed by atoms with Crippen molar-refractivity contribution in [1.82, 2.24) is 19.9 Å². The number of halogens is 1. The second-order valence-corrected chi connectivity index (χ2v) is 9.40. The molecule has 9 heteroatoms. The maximum atomic E-state index is 15.1. The molecule has 190 valence electrons. The van der Waals surface area contributed by atoms with Crippen molar-refractivity contribution in [2.24, 2.45) is 0 Å². The number of fused-ring (bicyclic) bond motifs is 1. The summed E-state index contributed by atoms with van der Waals surface area (Å²) < 4.78 is 16.7. The molecule has 0 spiro atoms. The number of aryl methyl sites for hydroxylation is 1. The SMILES string of the molecule is C/C=C(/C)c1ccsc1CCNC(=O)c1cc(CC)n2nc(-c3cccc(/C=C/C(=O)O)c3F)cc2n1. The molecular formula is C28H27FN4O3S. The van der Waals surface area contributed by atoms with Crippen LogP contribution in [0.2, 0.25) is 0 Å². The number of hydrogen-bond acceptors (Lipinski definition) is 5. The van der Waals surface area contributed by atoms with E-state index >= 15 is 4.39 Å². The number of nitrogens with one attached hydrogen (secondary N) is 1. The smallest absolute Gasteiger partial charge is 0.328 e. The number of carbonyl (C=O) groups is 2. The summed E-state index contributed by atoms with van der Waals surface area (Å²) in [6, 6.07) is 10.1. The van der Waals surface area contributed by atoms with Gasteiger partial charge < -0.3 is 10.4 Å². The van der Waals surface area contributed by atoms with E-state index in [9.17, 15) is 9.59 Å². The Morgan fingerprint density at radius 2 is 2.05 bits per heavy atom. The van der Waals surface area contributed by atoms with Gasteiger partial charge in [0.25, 0.3) is 5.91 Å². The van der Waals surface area contributed by atoms with Crippen LogP contribution >= 0.6 is 11.3 Å². The minimum Gasteiger partial charge on any atom is -0.478 e. The Morgan fingerprint density at radius 1 is 1.24 bits per heavy atom. The van der Waals surface area contributed by atoms with Gasteiger partial charge in [0.1, 0.15) is 11.5 Å².